The van der Waals surface area contributed by atoms with E-state index in [0.717, 1.165) is 0 Å². The third-order valence-corrected chi connectivity index (χ3v) is 0.491. The smallest absolute Gasteiger partial charge is 0.786 e. The van der Waals surface area contributed by atoms with Gasteiger partial charge in [0.25, 0.3) is 0 Å². The van der Waals surface area contributed by atoms with Gasteiger partial charge in [-0.25, -0.2) is 0 Å². The Kier molecular flexibility index (Phi) is 10.5. The maximum Gasteiger partial charge on any atom is 1.00 e. The number of rotatable bonds is 1. The van der Waals surface area contributed by atoms with Crippen molar-refractivity contribution in [3.8, 4) is 0 Å². The maximum absolute atomic E-state index is 9.99. The van der Waals surface area contributed by atoms with Gasteiger partial charge < -0.3 is 17.9 Å². The first-order valence-corrected chi connectivity index (χ1v) is 2.28. The number of hydrogen-bond donors (Lipinski definition) is 1. The van der Waals surface area contributed by atoms with Crippen LogP contribution in [-0.2, 0) is 17.4 Å². The molecule has 0 heterocycles. The zero-order chi connectivity index (χ0) is 5.70. The predicted molar refractivity (Wildman–Crippen MR) is 30.3 cm³/mol. The topological polar surface area (TPSA) is 29.1 Å². The molecule has 0 saturated heterocycles. The molecule has 0 aromatic carbocycles. The molecule has 0 atom stereocenters. The van der Waals surface area contributed by atoms with Gasteiger partial charge in [-0.15, -0.1) is 0 Å². The van der Waals surface area contributed by atoms with Gasteiger partial charge in [0.05, 0.1) is 0 Å². The molecule has 8 heavy (non-hydrogen) atoms. The molecule has 2 nitrogen and oxygen atoms in total. The summed E-state index contributed by atoms with van der Waals surface area (Å²) < 4.78 is 0. The molecule has 0 rings (SSSR count). The fraction of sp³-hybridized carbons (Fsp3) is 0.250. The Hall–Kier alpha value is 0.430. The zero-order valence-corrected chi connectivity index (χ0v) is 7.79. The molecule has 0 spiro atoms. The molecular weight excluding hydrogens is 133 g/mol. The summed E-state index contributed by atoms with van der Waals surface area (Å²) in [6.45, 7) is 1.43. The second-order valence-corrected chi connectivity index (χ2v) is 1.28. The van der Waals surface area contributed by atoms with Crippen molar-refractivity contribution in [2.75, 3.05) is 0 Å². The Morgan fingerprint density at radius 1 is 1.75 bits per heavy atom. The number of nitrogens with one attached hydrogen (secondary N) is 1. The molecule has 0 aliphatic heterocycles. The molecule has 0 aliphatic carbocycles. The largest absolute Gasteiger partial charge is 1.00 e. The second-order valence-electron chi connectivity index (χ2n) is 1.00. The number of hydrogen-bond acceptors (Lipinski definition) is 2. The van der Waals surface area contributed by atoms with Crippen molar-refractivity contribution in [1.82, 2.24) is 5.32 Å². The van der Waals surface area contributed by atoms with Gasteiger partial charge >= 0.3 is 29.6 Å². The van der Waals surface area contributed by atoms with Gasteiger partial charge in [-0.2, -0.15) is 5.41 Å². The van der Waals surface area contributed by atoms with Gasteiger partial charge in [-0.3, -0.25) is 4.79 Å². The molecule has 40 valence electrons. The molecule has 0 fully saturated rings. The summed E-state index contributed by atoms with van der Waals surface area (Å²) in [6.07, 6.45) is 1.41. The third-order valence-electron chi connectivity index (χ3n) is 0.355. The van der Waals surface area contributed by atoms with E-state index in [1.807, 2.05) is 0 Å². The summed E-state index contributed by atoms with van der Waals surface area (Å²) in [5.41, 5.74) is 0. The van der Waals surface area contributed by atoms with Crippen LogP contribution in [0.2, 0.25) is 0 Å². The van der Waals surface area contributed by atoms with Crippen LogP contribution < -0.4 is 34.9 Å². The van der Waals surface area contributed by atoms with Crippen molar-refractivity contribution in [2.24, 2.45) is 0 Å². The Labute approximate surface area is 76.4 Å². The van der Waals surface area contributed by atoms with Crippen molar-refractivity contribution < 1.29 is 34.4 Å². The summed E-state index contributed by atoms with van der Waals surface area (Å²) in [6, 6.07) is 0. The molecule has 0 aromatic heterocycles. The molecule has 0 saturated carbocycles. The van der Waals surface area contributed by atoms with Crippen LogP contribution in [0.15, 0.2) is 11.6 Å². The number of carbonyl (C=O) groups excluding carboxylic acids is 1. The Balaban J connectivity index is 0. The minimum atomic E-state index is -0.0962. The fourth-order valence-corrected chi connectivity index (χ4v) is 0.219. The van der Waals surface area contributed by atoms with Gasteiger partial charge in [0, 0.05) is 6.92 Å². The van der Waals surface area contributed by atoms with Gasteiger partial charge in [0.15, 0.2) is 0 Å². The van der Waals surface area contributed by atoms with E-state index in [0.29, 0.717) is 0 Å². The predicted octanol–water partition coefficient (Wildman–Crippen LogP) is -2.86. The van der Waals surface area contributed by atoms with E-state index >= 15 is 0 Å². The van der Waals surface area contributed by atoms with Crippen molar-refractivity contribution in [3.63, 3.8) is 0 Å². The fourth-order valence-electron chi connectivity index (χ4n) is 0.151. The molecule has 1 N–H and O–H groups in total. The summed E-state index contributed by atoms with van der Waals surface area (Å²) in [7, 11) is 0. The van der Waals surface area contributed by atoms with Gasteiger partial charge in [-0.1, -0.05) is 0 Å². The van der Waals surface area contributed by atoms with Gasteiger partial charge in [0.2, 0.25) is 5.91 Å². The zero-order valence-electron chi connectivity index (χ0n) is 4.97. The first kappa shape index (κ1) is 11.3. The molecule has 1 amide bonds. The van der Waals surface area contributed by atoms with Crippen LogP contribution in [0, 0.1) is 0 Å². The molecule has 0 bridgehead atoms. The number of amides is 1. The van der Waals surface area contributed by atoms with Gasteiger partial charge in [-0.05, 0) is 6.20 Å². The van der Waals surface area contributed by atoms with Crippen LogP contribution in [0.25, 0.3) is 0 Å². The molecule has 4 heteroatoms. The van der Waals surface area contributed by atoms with Crippen molar-refractivity contribution >= 4 is 18.5 Å². The third kappa shape index (κ3) is 9.66. The molecular formula is C4H6NNaOS. The minimum absolute atomic E-state index is 0. The Morgan fingerprint density at radius 3 is 2.38 bits per heavy atom. The van der Waals surface area contributed by atoms with E-state index in [-0.39, 0.29) is 35.5 Å². The van der Waals surface area contributed by atoms with E-state index in [2.05, 4.69) is 17.9 Å². The monoisotopic (exact) mass is 139 g/mol. The van der Waals surface area contributed by atoms with E-state index in [1.165, 1.54) is 18.5 Å². The molecule has 0 aromatic rings. The van der Waals surface area contributed by atoms with Crippen molar-refractivity contribution in [2.45, 2.75) is 6.92 Å². The van der Waals surface area contributed by atoms with Crippen LogP contribution in [0.1, 0.15) is 6.92 Å². The average molecular weight is 139 g/mol. The quantitative estimate of drug-likeness (QED) is 0.313. The van der Waals surface area contributed by atoms with E-state index < -0.39 is 0 Å². The first-order valence-electron chi connectivity index (χ1n) is 1.81. The normalized spacial score (nSPS) is 8.12. The standard InChI is InChI=1S/C4H7NOS.Na/c1-4(6)5-2-3-7;/h2-3,7H,1H3,(H,5,6);/q;+1/p-1. The van der Waals surface area contributed by atoms with Crippen LogP contribution >= 0.6 is 0 Å². The van der Waals surface area contributed by atoms with Crippen LogP contribution in [0.4, 0.5) is 0 Å². The van der Waals surface area contributed by atoms with Crippen LogP contribution in [0.5, 0.6) is 0 Å². The van der Waals surface area contributed by atoms with E-state index in [4.69, 9.17) is 0 Å². The second kappa shape index (κ2) is 7.43. The van der Waals surface area contributed by atoms with Crippen LogP contribution in [-0.4, -0.2) is 5.91 Å². The van der Waals surface area contributed by atoms with Crippen molar-refractivity contribution in [1.29, 1.82) is 0 Å². The number of carbonyl (C=O) groups is 1. The first-order chi connectivity index (χ1) is 3.27. The molecule has 0 unspecified atom stereocenters. The maximum atomic E-state index is 9.99. The summed E-state index contributed by atoms with van der Waals surface area (Å²) in [5, 5.41) is 3.72. The molecule has 0 aliphatic rings. The average Bonchev–Trinajstić information content (AvgIpc) is 1.61. The Morgan fingerprint density at radius 2 is 2.25 bits per heavy atom. The minimum Gasteiger partial charge on any atom is -0.786 e. The Bertz CT molecular complexity index is 94.0. The summed E-state index contributed by atoms with van der Waals surface area (Å²) in [5.74, 6) is -0.0962. The van der Waals surface area contributed by atoms with E-state index in [9.17, 15) is 4.79 Å². The van der Waals surface area contributed by atoms with Crippen LogP contribution in [0.3, 0.4) is 0 Å². The molecule has 0 radical (unpaired) electrons. The summed E-state index contributed by atoms with van der Waals surface area (Å²) >= 11 is 4.38. The summed E-state index contributed by atoms with van der Waals surface area (Å²) in [4.78, 5) is 9.99. The van der Waals surface area contributed by atoms with Crippen molar-refractivity contribution in [3.05, 3.63) is 11.6 Å². The van der Waals surface area contributed by atoms with Gasteiger partial charge in [0.1, 0.15) is 0 Å². The van der Waals surface area contributed by atoms with E-state index in [1.54, 1.807) is 0 Å². The SMILES string of the molecule is CC(=O)NC=C[S-].[Na+].